The van der Waals surface area contributed by atoms with E-state index in [-0.39, 0.29) is 0 Å². The second kappa shape index (κ2) is 3.54. The molecule has 0 radical (unpaired) electrons. The molecular formula is C13H16N2. The lowest BCUT2D eigenvalue weighted by Gasteiger charge is -2.07. The van der Waals surface area contributed by atoms with Gasteiger partial charge in [-0.2, -0.15) is 0 Å². The third-order valence-electron chi connectivity index (χ3n) is 2.92. The number of aromatic nitrogens is 1. The SMILES string of the molecule is CCc1cc2cc(C)c(C)cc2nc1N. The van der Waals surface area contributed by atoms with Crippen LogP contribution in [0.1, 0.15) is 23.6 Å². The van der Waals surface area contributed by atoms with E-state index in [0.717, 1.165) is 17.5 Å². The Balaban J connectivity index is 2.76. The van der Waals surface area contributed by atoms with Crippen LogP contribution in [0.3, 0.4) is 0 Å². The van der Waals surface area contributed by atoms with Crippen LogP contribution < -0.4 is 5.73 Å². The molecule has 0 saturated heterocycles. The van der Waals surface area contributed by atoms with Crippen LogP contribution in [-0.4, -0.2) is 4.98 Å². The first kappa shape index (κ1) is 9.97. The summed E-state index contributed by atoms with van der Waals surface area (Å²) in [4.78, 5) is 4.43. The molecule has 2 aromatic rings. The number of anilines is 1. The molecule has 0 aliphatic carbocycles. The minimum Gasteiger partial charge on any atom is -0.383 e. The van der Waals surface area contributed by atoms with Gasteiger partial charge >= 0.3 is 0 Å². The van der Waals surface area contributed by atoms with Crippen LogP contribution in [0.2, 0.25) is 0 Å². The molecule has 0 fully saturated rings. The third-order valence-corrected chi connectivity index (χ3v) is 2.92. The van der Waals surface area contributed by atoms with Gasteiger partial charge in [-0.15, -0.1) is 0 Å². The molecule has 0 spiro atoms. The van der Waals surface area contributed by atoms with Crippen molar-refractivity contribution >= 4 is 16.7 Å². The van der Waals surface area contributed by atoms with E-state index >= 15 is 0 Å². The van der Waals surface area contributed by atoms with Crippen molar-refractivity contribution in [1.29, 1.82) is 0 Å². The fourth-order valence-corrected chi connectivity index (χ4v) is 1.78. The highest BCUT2D eigenvalue weighted by molar-refractivity contribution is 5.83. The number of benzene rings is 1. The van der Waals surface area contributed by atoms with E-state index in [2.05, 4.69) is 44.0 Å². The summed E-state index contributed by atoms with van der Waals surface area (Å²) in [5.41, 5.74) is 10.6. The summed E-state index contributed by atoms with van der Waals surface area (Å²) < 4.78 is 0. The van der Waals surface area contributed by atoms with Gasteiger partial charge in [0.1, 0.15) is 5.82 Å². The van der Waals surface area contributed by atoms with Gasteiger partial charge in [-0.25, -0.2) is 4.98 Å². The smallest absolute Gasteiger partial charge is 0.127 e. The van der Waals surface area contributed by atoms with E-state index < -0.39 is 0 Å². The van der Waals surface area contributed by atoms with E-state index in [9.17, 15) is 0 Å². The molecule has 2 N–H and O–H groups in total. The first-order valence-corrected chi connectivity index (χ1v) is 5.28. The summed E-state index contributed by atoms with van der Waals surface area (Å²) in [5, 5.41) is 1.18. The maximum Gasteiger partial charge on any atom is 0.127 e. The molecule has 0 bridgehead atoms. The number of rotatable bonds is 1. The van der Waals surface area contributed by atoms with Crippen molar-refractivity contribution in [2.75, 3.05) is 5.73 Å². The van der Waals surface area contributed by atoms with Crippen LogP contribution in [0.25, 0.3) is 10.9 Å². The minimum atomic E-state index is 0.660. The zero-order valence-electron chi connectivity index (χ0n) is 9.46. The van der Waals surface area contributed by atoms with Crippen LogP contribution >= 0.6 is 0 Å². The van der Waals surface area contributed by atoms with Crippen molar-refractivity contribution < 1.29 is 0 Å². The van der Waals surface area contributed by atoms with Crippen LogP contribution in [0, 0.1) is 13.8 Å². The van der Waals surface area contributed by atoms with Gasteiger partial charge in [0, 0.05) is 5.39 Å². The Morgan fingerprint density at radius 2 is 1.80 bits per heavy atom. The Bertz CT molecular complexity index is 515. The molecule has 1 aromatic heterocycles. The molecule has 0 unspecified atom stereocenters. The van der Waals surface area contributed by atoms with E-state index in [1.807, 2.05) is 0 Å². The van der Waals surface area contributed by atoms with Gasteiger partial charge in [-0.05, 0) is 55.2 Å². The fourth-order valence-electron chi connectivity index (χ4n) is 1.78. The van der Waals surface area contributed by atoms with Crippen molar-refractivity contribution in [1.82, 2.24) is 4.98 Å². The third kappa shape index (κ3) is 1.67. The van der Waals surface area contributed by atoms with Crippen molar-refractivity contribution in [3.63, 3.8) is 0 Å². The molecule has 2 rings (SSSR count). The summed E-state index contributed by atoms with van der Waals surface area (Å²) in [6.45, 7) is 6.32. The highest BCUT2D eigenvalue weighted by Gasteiger charge is 2.03. The predicted octanol–water partition coefficient (Wildman–Crippen LogP) is 3.00. The van der Waals surface area contributed by atoms with Crippen LogP contribution in [0.5, 0.6) is 0 Å². The normalized spacial score (nSPS) is 10.9. The van der Waals surface area contributed by atoms with Gasteiger partial charge < -0.3 is 5.73 Å². The summed E-state index contributed by atoms with van der Waals surface area (Å²) in [5.74, 6) is 0.660. The summed E-state index contributed by atoms with van der Waals surface area (Å²) in [7, 11) is 0. The van der Waals surface area contributed by atoms with E-state index in [0.29, 0.717) is 5.82 Å². The maximum atomic E-state index is 5.87. The molecule has 15 heavy (non-hydrogen) atoms. The Labute approximate surface area is 90.1 Å². The molecule has 1 aromatic carbocycles. The number of hydrogen-bond donors (Lipinski definition) is 1. The quantitative estimate of drug-likeness (QED) is 0.768. The Hall–Kier alpha value is -1.57. The monoisotopic (exact) mass is 200 g/mol. The molecule has 2 nitrogen and oxygen atoms in total. The molecule has 0 aliphatic heterocycles. The molecule has 2 heteroatoms. The van der Waals surface area contributed by atoms with Crippen molar-refractivity contribution in [3.05, 3.63) is 34.9 Å². The first-order chi connectivity index (χ1) is 7.11. The topological polar surface area (TPSA) is 38.9 Å². The average molecular weight is 200 g/mol. The number of pyridine rings is 1. The van der Waals surface area contributed by atoms with E-state index in [1.165, 1.54) is 16.5 Å². The standard InChI is InChI=1S/C13H16N2/c1-4-10-7-11-5-8(2)9(3)6-12(11)15-13(10)14/h5-7H,4H2,1-3H3,(H2,14,15). The maximum absolute atomic E-state index is 5.87. The highest BCUT2D eigenvalue weighted by atomic mass is 14.8. The lowest BCUT2D eigenvalue weighted by molar-refractivity contribution is 1.13. The summed E-state index contributed by atoms with van der Waals surface area (Å²) >= 11 is 0. The second-order valence-electron chi connectivity index (χ2n) is 4.02. The molecule has 1 heterocycles. The largest absolute Gasteiger partial charge is 0.383 e. The van der Waals surface area contributed by atoms with E-state index in [1.54, 1.807) is 0 Å². The Kier molecular flexibility index (Phi) is 2.35. The number of aryl methyl sites for hydroxylation is 3. The van der Waals surface area contributed by atoms with Gasteiger partial charge in [-0.3, -0.25) is 0 Å². The average Bonchev–Trinajstić information content (AvgIpc) is 2.20. The predicted molar refractivity (Wildman–Crippen MR) is 65.0 cm³/mol. The lowest BCUT2D eigenvalue weighted by Crippen LogP contribution is -1.97. The van der Waals surface area contributed by atoms with Crippen LogP contribution in [0.4, 0.5) is 5.82 Å². The van der Waals surface area contributed by atoms with Gasteiger partial charge in [0.15, 0.2) is 0 Å². The van der Waals surface area contributed by atoms with Gasteiger partial charge in [0.2, 0.25) is 0 Å². The molecular weight excluding hydrogens is 184 g/mol. The molecule has 0 amide bonds. The lowest BCUT2D eigenvalue weighted by atomic mass is 10.0. The van der Waals surface area contributed by atoms with Gasteiger partial charge in [0.25, 0.3) is 0 Å². The van der Waals surface area contributed by atoms with Gasteiger partial charge in [-0.1, -0.05) is 6.92 Å². The molecule has 78 valence electrons. The number of hydrogen-bond acceptors (Lipinski definition) is 2. The van der Waals surface area contributed by atoms with Crippen LogP contribution in [-0.2, 0) is 6.42 Å². The number of nitrogen functional groups attached to an aromatic ring is 1. The number of fused-ring (bicyclic) bond motifs is 1. The number of nitrogens with two attached hydrogens (primary N) is 1. The molecule has 0 atom stereocenters. The number of nitrogens with zero attached hydrogens (tertiary/aromatic N) is 1. The van der Waals surface area contributed by atoms with Crippen LogP contribution in [0.15, 0.2) is 18.2 Å². The van der Waals surface area contributed by atoms with E-state index in [4.69, 9.17) is 5.73 Å². The molecule has 0 aliphatic rings. The van der Waals surface area contributed by atoms with Crippen molar-refractivity contribution in [2.24, 2.45) is 0 Å². The first-order valence-electron chi connectivity index (χ1n) is 5.28. The fraction of sp³-hybridized carbons (Fsp3) is 0.308. The Morgan fingerprint density at radius 3 is 2.47 bits per heavy atom. The summed E-state index contributed by atoms with van der Waals surface area (Å²) in [6.07, 6.45) is 0.932. The van der Waals surface area contributed by atoms with Gasteiger partial charge in [0.05, 0.1) is 5.52 Å². The minimum absolute atomic E-state index is 0.660. The zero-order valence-corrected chi connectivity index (χ0v) is 9.46. The summed E-state index contributed by atoms with van der Waals surface area (Å²) in [6, 6.07) is 6.42. The van der Waals surface area contributed by atoms with Crippen molar-refractivity contribution in [2.45, 2.75) is 27.2 Å². The highest BCUT2D eigenvalue weighted by Crippen LogP contribution is 2.22. The zero-order chi connectivity index (χ0) is 11.0. The Morgan fingerprint density at radius 1 is 1.13 bits per heavy atom. The second-order valence-corrected chi connectivity index (χ2v) is 4.02. The van der Waals surface area contributed by atoms with Crippen molar-refractivity contribution in [3.8, 4) is 0 Å². The molecule has 0 saturated carbocycles.